The first kappa shape index (κ1) is 9.29. The average molecular weight is 209 g/mol. The van der Waals surface area contributed by atoms with Gasteiger partial charge in [0, 0.05) is 13.0 Å². The molecule has 74 valence electrons. The third-order valence-corrected chi connectivity index (χ3v) is 2.69. The maximum absolute atomic E-state index is 3.98. The predicted octanol–water partition coefficient (Wildman–Crippen LogP) is 0.486. The topological polar surface area (TPSA) is 55.6 Å². The highest BCUT2D eigenvalue weighted by Gasteiger charge is 2.07. The van der Waals surface area contributed by atoms with Crippen LogP contribution in [0, 0.1) is 0 Å². The maximum Gasteiger partial charge on any atom is 0.158 e. The van der Waals surface area contributed by atoms with E-state index in [0.29, 0.717) is 0 Å². The van der Waals surface area contributed by atoms with Gasteiger partial charge >= 0.3 is 0 Å². The van der Waals surface area contributed by atoms with Gasteiger partial charge in [0.15, 0.2) is 5.82 Å². The highest BCUT2D eigenvalue weighted by molar-refractivity contribution is 7.12. The molecule has 0 aromatic carbocycles. The van der Waals surface area contributed by atoms with Crippen molar-refractivity contribution in [3.05, 3.63) is 23.3 Å². The molecule has 0 saturated heterocycles. The Morgan fingerprint density at radius 3 is 3.21 bits per heavy atom. The lowest BCUT2D eigenvalue weighted by atomic mass is 10.4. The number of likely N-dealkylation sites (N-methyl/N-ethyl adjacent to an activating group) is 1. The van der Waals surface area contributed by atoms with Gasteiger partial charge in [-0.1, -0.05) is 0 Å². The van der Waals surface area contributed by atoms with Crippen molar-refractivity contribution >= 4 is 11.3 Å². The molecule has 0 aliphatic heterocycles. The molecule has 2 aromatic rings. The van der Waals surface area contributed by atoms with Gasteiger partial charge in [0.2, 0.25) is 0 Å². The van der Waals surface area contributed by atoms with Crippen LogP contribution in [0.15, 0.2) is 17.5 Å². The zero-order chi connectivity index (χ0) is 9.80. The van der Waals surface area contributed by atoms with Crippen molar-refractivity contribution in [1.82, 2.24) is 25.5 Å². The molecular weight excluding hydrogens is 198 g/mol. The largest absolute Gasteiger partial charge is 0.319 e. The number of aromatic nitrogens is 4. The number of hydrogen-bond acceptors (Lipinski definition) is 5. The molecule has 2 heterocycles. The normalized spacial score (nSPS) is 10.6. The van der Waals surface area contributed by atoms with E-state index in [0.717, 1.165) is 23.8 Å². The van der Waals surface area contributed by atoms with Crippen molar-refractivity contribution in [3.8, 4) is 5.00 Å². The fraction of sp³-hybridized carbons (Fsp3) is 0.375. The molecule has 0 radical (unpaired) electrons. The fourth-order valence-corrected chi connectivity index (χ4v) is 1.86. The predicted molar refractivity (Wildman–Crippen MR) is 54.7 cm³/mol. The number of thiophene rings is 1. The molecule has 2 rings (SSSR count). The number of tetrazole rings is 1. The summed E-state index contributed by atoms with van der Waals surface area (Å²) in [4.78, 5) is 0. The van der Waals surface area contributed by atoms with Gasteiger partial charge in [0.25, 0.3) is 0 Å². The molecule has 0 fully saturated rings. The van der Waals surface area contributed by atoms with E-state index in [-0.39, 0.29) is 0 Å². The van der Waals surface area contributed by atoms with Crippen LogP contribution in [-0.2, 0) is 6.42 Å². The van der Waals surface area contributed by atoms with Gasteiger partial charge in [-0.15, -0.1) is 16.4 Å². The molecule has 0 spiro atoms. The Balaban J connectivity index is 2.22. The molecule has 0 aliphatic carbocycles. The Hall–Kier alpha value is -1.27. The second kappa shape index (κ2) is 4.30. The molecule has 0 saturated carbocycles. The average Bonchev–Trinajstić information content (AvgIpc) is 2.84. The number of nitrogens with zero attached hydrogens (tertiary/aromatic N) is 4. The first-order valence-corrected chi connectivity index (χ1v) is 5.25. The fourth-order valence-electron chi connectivity index (χ4n) is 1.16. The Kier molecular flexibility index (Phi) is 2.85. The van der Waals surface area contributed by atoms with Gasteiger partial charge in [0.1, 0.15) is 5.00 Å². The quantitative estimate of drug-likeness (QED) is 0.796. The summed E-state index contributed by atoms with van der Waals surface area (Å²) in [6.45, 7) is 0.881. The summed E-state index contributed by atoms with van der Waals surface area (Å²) in [5.41, 5.74) is 0. The second-order valence-corrected chi connectivity index (χ2v) is 3.74. The van der Waals surface area contributed by atoms with Crippen LogP contribution >= 0.6 is 11.3 Å². The minimum Gasteiger partial charge on any atom is -0.319 e. The molecule has 0 unspecified atom stereocenters. The lowest BCUT2D eigenvalue weighted by molar-refractivity contribution is 0.721. The Labute approximate surface area is 85.8 Å². The minimum atomic E-state index is 0.835. The van der Waals surface area contributed by atoms with E-state index in [9.17, 15) is 0 Å². The number of rotatable bonds is 4. The van der Waals surface area contributed by atoms with Crippen LogP contribution in [0.4, 0.5) is 0 Å². The third kappa shape index (κ3) is 1.80. The van der Waals surface area contributed by atoms with Crippen LogP contribution in [-0.4, -0.2) is 33.8 Å². The van der Waals surface area contributed by atoms with E-state index in [2.05, 4.69) is 20.8 Å². The van der Waals surface area contributed by atoms with Crippen molar-refractivity contribution in [2.75, 3.05) is 13.6 Å². The molecule has 1 N–H and O–H groups in total. The van der Waals surface area contributed by atoms with Gasteiger partial charge in [-0.3, -0.25) is 0 Å². The first-order chi connectivity index (χ1) is 6.92. The first-order valence-electron chi connectivity index (χ1n) is 4.37. The standard InChI is InChI=1S/C8H11N5S/c1-9-5-4-7-10-11-12-13(7)8-3-2-6-14-8/h2-3,6,9H,4-5H2,1H3. The third-order valence-electron chi connectivity index (χ3n) is 1.85. The van der Waals surface area contributed by atoms with Gasteiger partial charge in [-0.25, -0.2) is 0 Å². The van der Waals surface area contributed by atoms with E-state index in [1.165, 1.54) is 0 Å². The molecule has 0 amide bonds. The smallest absolute Gasteiger partial charge is 0.158 e. The number of hydrogen-bond donors (Lipinski definition) is 1. The maximum atomic E-state index is 3.98. The lowest BCUT2D eigenvalue weighted by Gasteiger charge is -2.00. The molecule has 5 nitrogen and oxygen atoms in total. The Bertz CT molecular complexity index is 380. The molecule has 2 aromatic heterocycles. The Morgan fingerprint density at radius 1 is 1.57 bits per heavy atom. The van der Waals surface area contributed by atoms with E-state index in [4.69, 9.17) is 0 Å². The SMILES string of the molecule is CNCCc1nnnn1-c1cccs1. The Morgan fingerprint density at radius 2 is 2.50 bits per heavy atom. The van der Waals surface area contributed by atoms with Crippen molar-refractivity contribution in [2.24, 2.45) is 0 Å². The van der Waals surface area contributed by atoms with Crippen LogP contribution < -0.4 is 5.32 Å². The van der Waals surface area contributed by atoms with Gasteiger partial charge in [-0.05, 0) is 35.0 Å². The molecule has 6 heteroatoms. The summed E-state index contributed by atoms with van der Waals surface area (Å²) in [5, 5.41) is 17.7. The van der Waals surface area contributed by atoms with E-state index < -0.39 is 0 Å². The van der Waals surface area contributed by atoms with E-state index >= 15 is 0 Å². The summed E-state index contributed by atoms with van der Waals surface area (Å²) in [7, 11) is 1.92. The van der Waals surface area contributed by atoms with Crippen LogP contribution in [0.25, 0.3) is 5.00 Å². The lowest BCUT2D eigenvalue weighted by Crippen LogP contribution is -2.13. The molecular formula is C8H11N5S. The summed E-state index contributed by atoms with van der Waals surface area (Å²) < 4.78 is 1.78. The van der Waals surface area contributed by atoms with Gasteiger partial charge < -0.3 is 5.32 Å². The minimum absolute atomic E-state index is 0.835. The van der Waals surface area contributed by atoms with Crippen LogP contribution in [0.5, 0.6) is 0 Å². The van der Waals surface area contributed by atoms with Crippen molar-refractivity contribution in [3.63, 3.8) is 0 Å². The van der Waals surface area contributed by atoms with E-state index in [1.807, 2.05) is 24.6 Å². The van der Waals surface area contributed by atoms with Crippen LogP contribution in [0.1, 0.15) is 5.82 Å². The highest BCUT2D eigenvalue weighted by atomic mass is 32.1. The van der Waals surface area contributed by atoms with Gasteiger partial charge in [0.05, 0.1) is 0 Å². The zero-order valence-electron chi connectivity index (χ0n) is 7.84. The molecule has 0 bridgehead atoms. The molecule has 0 aliphatic rings. The van der Waals surface area contributed by atoms with Crippen molar-refractivity contribution in [2.45, 2.75) is 6.42 Å². The molecule has 0 atom stereocenters. The summed E-state index contributed by atoms with van der Waals surface area (Å²) in [5.74, 6) is 0.891. The monoisotopic (exact) mass is 209 g/mol. The summed E-state index contributed by atoms with van der Waals surface area (Å²) >= 11 is 1.63. The second-order valence-electron chi connectivity index (χ2n) is 2.81. The number of nitrogens with one attached hydrogen (secondary N) is 1. The summed E-state index contributed by atoms with van der Waals surface area (Å²) in [6, 6.07) is 3.99. The van der Waals surface area contributed by atoms with Crippen LogP contribution in [0.2, 0.25) is 0 Å². The van der Waals surface area contributed by atoms with Crippen molar-refractivity contribution in [1.29, 1.82) is 0 Å². The zero-order valence-corrected chi connectivity index (χ0v) is 8.66. The van der Waals surface area contributed by atoms with Crippen molar-refractivity contribution < 1.29 is 0 Å². The molecule has 14 heavy (non-hydrogen) atoms. The van der Waals surface area contributed by atoms with Crippen LogP contribution in [0.3, 0.4) is 0 Å². The summed E-state index contributed by atoms with van der Waals surface area (Å²) in [6.07, 6.45) is 0.835. The highest BCUT2D eigenvalue weighted by Crippen LogP contribution is 2.14. The van der Waals surface area contributed by atoms with Gasteiger partial charge in [-0.2, -0.15) is 4.68 Å². The van der Waals surface area contributed by atoms with E-state index in [1.54, 1.807) is 16.0 Å².